The van der Waals surface area contributed by atoms with Crippen molar-refractivity contribution in [3.05, 3.63) is 37.0 Å². The molecule has 0 atom stereocenters. The molecule has 0 N–H and O–H groups in total. The topological polar surface area (TPSA) is 27.7 Å². The van der Waals surface area contributed by atoms with Crippen molar-refractivity contribution >= 4 is 10.2 Å². The summed E-state index contributed by atoms with van der Waals surface area (Å²) in [7, 11) is 0.591. The predicted molar refractivity (Wildman–Crippen MR) is 60.4 cm³/mol. The quantitative estimate of drug-likeness (QED) is 0.382. The zero-order chi connectivity index (χ0) is 10.9. The van der Waals surface area contributed by atoms with Crippen LogP contribution in [0.15, 0.2) is 37.0 Å². The number of ether oxygens (including phenoxy) is 3. The van der Waals surface area contributed by atoms with Gasteiger partial charge in [0.15, 0.2) is 10.2 Å². The lowest BCUT2D eigenvalue weighted by atomic mass is 10.7. The van der Waals surface area contributed by atoms with E-state index in [0.29, 0.717) is 10.2 Å². The first kappa shape index (κ1) is 12.8. The van der Waals surface area contributed by atoms with Gasteiger partial charge in [-0.2, -0.15) is 0 Å². The van der Waals surface area contributed by atoms with E-state index in [1.807, 2.05) is 20.8 Å². The monoisotopic (exact) mass is 214 g/mol. The molecule has 0 rings (SSSR count). The van der Waals surface area contributed by atoms with Crippen molar-refractivity contribution in [2.75, 3.05) is 0 Å². The van der Waals surface area contributed by atoms with Gasteiger partial charge in [-0.1, -0.05) is 18.2 Å². The van der Waals surface area contributed by atoms with E-state index in [0.717, 1.165) is 0 Å². The van der Waals surface area contributed by atoms with Crippen LogP contribution >= 0.6 is 0 Å². The Morgan fingerprint density at radius 2 is 1.07 bits per heavy atom. The second-order valence-electron chi connectivity index (χ2n) is 2.62. The Balaban J connectivity index is 4.30. The second kappa shape index (κ2) is 7.26. The maximum absolute atomic E-state index is 5.32. The van der Waals surface area contributed by atoms with Gasteiger partial charge in [-0.15, -0.1) is 0 Å². The van der Waals surface area contributed by atoms with Crippen LogP contribution in [0.25, 0.3) is 0 Å². The Kier molecular flexibility index (Phi) is 6.66. The minimum absolute atomic E-state index is 0.591. The minimum Gasteiger partial charge on any atom is -0.434 e. The van der Waals surface area contributed by atoms with Crippen molar-refractivity contribution in [2.24, 2.45) is 0 Å². The van der Waals surface area contributed by atoms with E-state index in [9.17, 15) is 0 Å². The summed E-state index contributed by atoms with van der Waals surface area (Å²) in [5.74, 6) is 0. The maximum Gasteiger partial charge on any atom is 0.366 e. The highest BCUT2D eigenvalue weighted by molar-refractivity contribution is 6.12. The lowest BCUT2D eigenvalue weighted by Crippen LogP contribution is -2.35. The van der Waals surface area contributed by atoms with Crippen LogP contribution in [0.2, 0.25) is 0 Å². The number of hydrogen-bond donors (Lipinski definition) is 0. The van der Waals surface area contributed by atoms with Gasteiger partial charge < -0.3 is 14.2 Å². The molecule has 0 aromatic rings. The Labute approximate surface area is 88.5 Å². The fourth-order valence-corrected chi connectivity index (χ4v) is 1.07. The molecular weight excluding hydrogens is 196 g/mol. The standard InChI is InChI=1S/C10H18O3Si/c1-4-7-11-10(14,12-8-5-2)13-9-6-3/h4-9H,1-3,14H3. The Morgan fingerprint density at radius 1 is 0.786 bits per heavy atom. The molecule has 4 heteroatoms. The van der Waals surface area contributed by atoms with E-state index >= 15 is 0 Å². The van der Waals surface area contributed by atoms with E-state index in [1.165, 1.54) is 0 Å². The second-order valence-corrected chi connectivity index (χ2v) is 3.85. The molecule has 3 nitrogen and oxygen atoms in total. The molecule has 0 bridgehead atoms. The largest absolute Gasteiger partial charge is 0.434 e. The van der Waals surface area contributed by atoms with Gasteiger partial charge in [-0.3, -0.25) is 0 Å². The number of hydrogen-bond acceptors (Lipinski definition) is 3. The van der Waals surface area contributed by atoms with Gasteiger partial charge in [0, 0.05) is 0 Å². The molecule has 0 aromatic heterocycles. The first-order valence-electron chi connectivity index (χ1n) is 4.55. The summed E-state index contributed by atoms with van der Waals surface area (Å²) in [5, 5.41) is 0. The first-order valence-corrected chi connectivity index (χ1v) is 5.55. The van der Waals surface area contributed by atoms with Crippen molar-refractivity contribution in [1.29, 1.82) is 0 Å². The highest BCUT2D eigenvalue weighted by Gasteiger charge is 2.25. The van der Waals surface area contributed by atoms with E-state index in [-0.39, 0.29) is 0 Å². The zero-order valence-corrected chi connectivity index (χ0v) is 11.2. The van der Waals surface area contributed by atoms with E-state index < -0.39 is 5.60 Å². The van der Waals surface area contributed by atoms with Gasteiger partial charge in [-0.25, -0.2) is 0 Å². The molecule has 0 aromatic carbocycles. The highest BCUT2D eigenvalue weighted by Crippen LogP contribution is 2.12. The molecule has 0 radical (unpaired) electrons. The third-order valence-electron chi connectivity index (χ3n) is 1.25. The highest BCUT2D eigenvalue weighted by atomic mass is 28.1. The number of allylic oxidation sites excluding steroid dienone is 3. The van der Waals surface area contributed by atoms with Crippen LogP contribution in [0, 0.1) is 0 Å². The third kappa shape index (κ3) is 5.48. The van der Waals surface area contributed by atoms with E-state index in [2.05, 4.69) is 0 Å². The summed E-state index contributed by atoms with van der Waals surface area (Å²) >= 11 is 0. The molecule has 0 saturated heterocycles. The smallest absolute Gasteiger partial charge is 0.366 e. The van der Waals surface area contributed by atoms with Crippen LogP contribution in [0.4, 0.5) is 0 Å². The normalized spacial score (nSPS) is 16.5. The van der Waals surface area contributed by atoms with Crippen LogP contribution in [-0.2, 0) is 14.2 Å². The Bertz CT molecular complexity index is 185. The van der Waals surface area contributed by atoms with Crippen molar-refractivity contribution in [2.45, 2.75) is 26.4 Å². The van der Waals surface area contributed by atoms with Gasteiger partial charge >= 0.3 is 5.60 Å². The zero-order valence-electron chi connectivity index (χ0n) is 9.19. The molecule has 0 aliphatic rings. The van der Waals surface area contributed by atoms with Crippen molar-refractivity contribution in [3.8, 4) is 0 Å². The fourth-order valence-electron chi connectivity index (χ4n) is 0.658. The molecule has 0 heterocycles. The maximum atomic E-state index is 5.32. The Hall–Kier alpha value is -1.16. The van der Waals surface area contributed by atoms with Gasteiger partial charge in [0.25, 0.3) is 0 Å². The summed E-state index contributed by atoms with van der Waals surface area (Å²) < 4.78 is 16.0. The van der Waals surface area contributed by atoms with E-state index in [4.69, 9.17) is 14.2 Å². The van der Waals surface area contributed by atoms with Gasteiger partial charge in [-0.05, 0) is 20.8 Å². The predicted octanol–water partition coefficient (Wildman–Crippen LogP) is 1.61. The van der Waals surface area contributed by atoms with Crippen LogP contribution in [0.1, 0.15) is 20.8 Å². The fraction of sp³-hybridized carbons (Fsp3) is 0.400. The molecule has 0 saturated carbocycles. The minimum atomic E-state index is -0.967. The van der Waals surface area contributed by atoms with Crippen molar-refractivity contribution in [1.82, 2.24) is 0 Å². The lowest BCUT2D eigenvalue weighted by Gasteiger charge is -2.27. The van der Waals surface area contributed by atoms with Crippen LogP contribution < -0.4 is 0 Å². The molecule has 0 amide bonds. The van der Waals surface area contributed by atoms with Crippen molar-refractivity contribution in [3.63, 3.8) is 0 Å². The van der Waals surface area contributed by atoms with Crippen LogP contribution in [0.5, 0.6) is 0 Å². The molecule has 0 unspecified atom stereocenters. The summed E-state index contributed by atoms with van der Waals surface area (Å²) in [6, 6.07) is 0. The van der Waals surface area contributed by atoms with Crippen molar-refractivity contribution < 1.29 is 14.2 Å². The summed E-state index contributed by atoms with van der Waals surface area (Å²) in [4.78, 5) is 0. The first-order chi connectivity index (χ1) is 6.68. The lowest BCUT2D eigenvalue weighted by molar-refractivity contribution is -0.254. The summed E-state index contributed by atoms with van der Waals surface area (Å²) in [6.07, 6.45) is 10.0. The summed E-state index contributed by atoms with van der Waals surface area (Å²) in [6.45, 7) is 5.61. The average molecular weight is 214 g/mol. The molecule has 80 valence electrons. The number of rotatable bonds is 6. The molecule has 0 aliphatic heterocycles. The molecule has 0 fully saturated rings. The van der Waals surface area contributed by atoms with Gasteiger partial charge in [0.1, 0.15) is 0 Å². The SMILES string of the molecule is CC=COC([SiH3])(OC=CC)OC=CC. The van der Waals surface area contributed by atoms with Crippen LogP contribution in [-0.4, -0.2) is 15.8 Å². The van der Waals surface area contributed by atoms with Crippen LogP contribution in [0.3, 0.4) is 0 Å². The molecule has 0 aliphatic carbocycles. The Morgan fingerprint density at radius 3 is 1.29 bits per heavy atom. The molecule has 0 spiro atoms. The van der Waals surface area contributed by atoms with Gasteiger partial charge in [0.2, 0.25) is 0 Å². The van der Waals surface area contributed by atoms with E-state index in [1.54, 1.807) is 37.0 Å². The molecule has 14 heavy (non-hydrogen) atoms. The average Bonchev–Trinajstić information content (AvgIpc) is 2.21. The molecular formula is C10H18O3Si. The van der Waals surface area contributed by atoms with Gasteiger partial charge in [0.05, 0.1) is 18.8 Å². The third-order valence-corrected chi connectivity index (χ3v) is 1.96. The summed E-state index contributed by atoms with van der Waals surface area (Å²) in [5.41, 5.74) is -0.967.